The van der Waals surface area contributed by atoms with Crippen LogP contribution in [-0.2, 0) is 25.5 Å². The minimum atomic E-state index is -0.940. The van der Waals surface area contributed by atoms with Crippen LogP contribution in [0.3, 0.4) is 0 Å². The first kappa shape index (κ1) is 19.8. The highest BCUT2D eigenvalue weighted by atomic mass is 16.6. The smallest absolute Gasteiger partial charge is 0.323 e. The van der Waals surface area contributed by atoms with Gasteiger partial charge < -0.3 is 25.4 Å². The third kappa shape index (κ3) is 5.73. The van der Waals surface area contributed by atoms with Gasteiger partial charge in [-0.2, -0.15) is 0 Å². The summed E-state index contributed by atoms with van der Waals surface area (Å²) in [6, 6.07) is 3.26. The van der Waals surface area contributed by atoms with Gasteiger partial charge in [0.2, 0.25) is 0 Å². The maximum absolute atomic E-state index is 12.0. The molecule has 4 N–H and O–H groups in total. The molecule has 0 aromatic heterocycles. The number of carbonyl (C=O) groups excluding carboxylic acids is 2. The summed E-state index contributed by atoms with van der Waals surface area (Å²) in [5.74, 6) is -1.79. The van der Waals surface area contributed by atoms with E-state index in [1.54, 1.807) is 33.8 Å². The molecule has 0 bridgehead atoms. The molecule has 0 aliphatic carbocycles. The second-order valence-corrected chi connectivity index (χ2v) is 6.07. The van der Waals surface area contributed by atoms with E-state index in [1.807, 2.05) is 0 Å². The van der Waals surface area contributed by atoms with E-state index in [4.69, 9.17) is 15.2 Å². The van der Waals surface area contributed by atoms with Crippen molar-refractivity contribution in [3.8, 4) is 11.5 Å². The highest BCUT2D eigenvalue weighted by Crippen LogP contribution is 2.25. The molecular formula is C17H25NO6. The molecule has 7 nitrogen and oxygen atoms in total. The molecule has 1 aromatic carbocycles. The van der Waals surface area contributed by atoms with Gasteiger partial charge in [0.15, 0.2) is 11.5 Å². The summed E-state index contributed by atoms with van der Waals surface area (Å²) in [5.41, 5.74) is 6.39. The number of nitrogens with two attached hydrogens (primary N) is 1. The van der Waals surface area contributed by atoms with Gasteiger partial charge in [0.1, 0.15) is 18.2 Å². The number of benzene rings is 1. The van der Waals surface area contributed by atoms with E-state index in [1.165, 1.54) is 12.1 Å². The summed E-state index contributed by atoms with van der Waals surface area (Å²) in [5, 5.41) is 18.7. The fraction of sp³-hybridized carbons (Fsp3) is 0.529. The number of phenols is 2. The summed E-state index contributed by atoms with van der Waals surface area (Å²) < 4.78 is 10.4. The van der Waals surface area contributed by atoms with Crippen LogP contribution in [0.4, 0.5) is 0 Å². The minimum Gasteiger partial charge on any atom is -0.504 e. The SMILES string of the molecule is CC(C)C(=O)O[C@@H](C)[C@H](C)OC(=O)[C@@H](N)Cc1ccc(O)c(O)c1. The molecule has 0 fully saturated rings. The molecule has 0 unspecified atom stereocenters. The number of ether oxygens (including phenoxy) is 2. The summed E-state index contributed by atoms with van der Waals surface area (Å²) in [7, 11) is 0. The van der Waals surface area contributed by atoms with Crippen molar-refractivity contribution in [2.24, 2.45) is 11.7 Å². The van der Waals surface area contributed by atoms with Gasteiger partial charge in [0, 0.05) is 0 Å². The Bertz CT molecular complexity index is 586. The Morgan fingerprint density at radius 2 is 1.54 bits per heavy atom. The zero-order valence-corrected chi connectivity index (χ0v) is 14.4. The van der Waals surface area contributed by atoms with Gasteiger partial charge in [0.25, 0.3) is 0 Å². The molecule has 134 valence electrons. The number of phenolic OH excluding ortho intramolecular Hbond substituents is 2. The molecule has 1 rings (SSSR count). The molecule has 1 aromatic rings. The standard InChI is InChI=1S/C17H25NO6/c1-9(2)16(21)23-10(3)11(4)24-17(22)13(18)7-12-5-6-14(19)15(20)8-12/h5-6,8-11,13,19-20H,7,18H2,1-4H3/t10-,11-,13-/m0/s1. The van der Waals surface area contributed by atoms with Crippen molar-refractivity contribution in [2.75, 3.05) is 0 Å². The number of carbonyl (C=O) groups is 2. The fourth-order valence-electron chi connectivity index (χ4n) is 1.81. The Labute approximate surface area is 141 Å². The van der Waals surface area contributed by atoms with Crippen LogP contribution < -0.4 is 5.73 Å². The maximum Gasteiger partial charge on any atom is 0.323 e. The van der Waals surface area contributed by atoms with E-state index in [2.05, 4.69) is 0 Å². The van der Waals surface area contributed by atoms with Crippen LogP contribution in [-0.4, -0.2) is 40.4 Å². The van der Waals surface area contributed by atoms with Gasteiger partial charge in [-0.25, -0.2) is 0 Å². The summed E-state index contributed by atoms with van der Waals surface area (Å²) in [4.78, 5) is 23.6. The molecule has 0 spiro atoms. The van der Waals surface area contributed by atoms with Gasteiger partial charge in [-0.15, -0.1) is 0 Å². The van der Waals surface area contributed by atoms with Crippen molar-refractivity contribution in [1.82, 2.24) is 0 Å². The first-order chi connectivity index (χ1) is 11.1. The van der Waals surface area contributed by atoms with Crippen LogP contribution in [0.25, 0.3) is 0 Å². The molecule has 0 amide bonds. The topological polar surface area (TPSA) is 119 Å². The van der Waals surface area contributed by atoms with E-state index in [0.29, 0.717) is 5.56 Å². The van der Waals surface area contributed by atoms with Crippen LogP contribution in [0.15, 0.2) is 18.2 Å². The molecular weight excluding hydrogens is 314 g/mol. The van der Waals surface area contributed by atoms with E-state index in [0.717, 1.165) is 0 Å². The molecule has 24 heavy (non-hydrogen) atoms. The van der Waals surface area contributed by atoms with Crippen molar-refractivity contribution < 1.29 is 29.3 Å². The van der Waals surface area contributed by atoms with Gasteiger partial charge >= 0.3 is 11.9 Å². The molecule has 0 aliphatic rings. The van der Waals surface area contributed by atoms with Crippen LogP contribution in [0, 0.1) is 5.92 Å². The Morgan fingerprint density at radius 1 is 1.00 bits per heavy atom. The van der Waals surface area contributed by atoms with E-state index >= 15 is 0 Å². The Morgan fingerprint density at radius 3 is 2.04 bits per heavy atom. The van der Waals surface area contributed by atoms with Gasteiger partial charge in [-0.3, -0.25) is 9.59 Å². The molecule has 0 saturated carbocycles. The minimum absolute atomic E-state index is 0.138. The Balaban J connectivity index is 2.56. The Hall–Kier alpha value is -2.28. The summed E-state index contributed by atoms with van der Waals surface area (Å²) in [6.45, 7) is 6.69. The normalized spacial score (nSPS) is 14.8. The second kappa shape index (κ2) is 8.54. The number of esters is 2. The number of hydrogen-bond donors (Lipinski definition) is 3. The zero-order chi connectivity index (χ0) is 18.4. The summed E-state index contributed by atoms with van der Waals surface area (Å²) >= 11 is 0. The first-order valence-corrected chi connectivity index (χ1v) is 7.79. The van der Waals surface area contributed by atoms with Crippen LogP contribution >= 0.6 is 0 Å². The third-order valence-electron chi connectivity index (χ3n) is 3.53. The fourth-order valence-corrected chi connectivity index (χ4v) is 1.81. The van der Waals surface area contributed by atoms with Gasteiger partial charge in [-0.1, -0.05) is 19.9 Å². The monoisotopic (exact) mass is 339 g/mol. The lowest BCUT2D eigenvalue weighted by Gasteiger charge is -2.23. The number of hydrogen-bond acceptors (Lipinski definition) is 7. The van der Waals surface area contributed by atoms with Crippen molar-refractivity contribution in [1.29, 1.82) is 0 Å². The van der Waals surface area contributed by atoms with Crippen LogP contribution in [0.1, 0.15) is 33.3 Å². The quantitative estimate of drug-likeness (QED) is 0.508. The lowest BCUT2D eigenvalue weighted by atomic mass is 10.1. The Kier molecular flexibility index (Phi) is 7.03. The first-order valence-electron chi connectivity index (χ1n) is 7.79. The molecule has 0 heterocycles. The largest absolute Gasteiger partial charge is 0.504 e. The lowest BCUT2D eigenvalue weighted by Crippen LogP contribution is -2.39. The number of rotatable bonds is 7. The van der Waals surface area contributed by atoms with Crippen molar-refractivity contribution in [3.63, 3.8) is 0 Å². The third-order valence-corrected chi connectivity index (χ3v) is 3.53. The predicted octanol–water partition coefficient (Wildman–Crippen LogP) is 1.49. The van der Waals surface area contributed by atoms with Crippen molar-refractivity contribution in [3.05, 3.63) is 23.8 Å². The molecule has 7 heteroatoms. The lowest BCUT2D eigenvalue weighted by molar-refractivity contribution is -0.168. The van der Waals surface area contributed by atoms with Gasteiger partial charge in [0.05, 0.1) is 5.92 Å². The highest BCUT2D eigenvalue weighted by molar-refractivity contribution is 5.76. The van der Waals surface area contributed by atoms with Crippen LogP contribution in [0.2, 0.25) is 0 Å². The van der Waals surface area contributed by atoms with Crippen molar-refractivity contribution in [2.45, 2.75) is 52.4 Å². The second-order valence-electron chi connectivity index (χ2n) is 6.07. The molecule has 0 aliphatic heterocycles. The number of aromatic hydroxyl groups is 2. The van der Waals surface area contributed by atoms with Gasteiger partial charge in [-0.05, 0) is 38.0 Å². The zero-order valence-electron chi connectivity index (χ0n) is 14.4. The maximum atomic E-state index is 12.0. The average molecular weight is 339 g/mol. The van der Waals surface area contributed by atoms with Crippen molar-refractivity contribution >= 4 is 11.9 Å². The van der Waals surface area contributed by atoms with E-state index in [-0.39, 0.29) is 29.8 Å². The molecule has 3 atom stereocenters. The predicted molar refractivity (Wildman–Crippen MR) is 87.4 cm³/mol. The molecule has 0 saturated heterocycles. The van der Waals surface area contributed by atoms with E-state index < -0.39 is 24.2 Å². The average Bonchev–Trinajstić information content (AvgIpc) is 2.50. The van der Waals surface area contributed by atoms with E-state index in [9.17, 15) is 19.8 Å². The summed E-state index contributed by atoms with van der Waals surface area (Å²) in [6.07, 6.45) is -1.09. The van der Waals surface area contributed by atoms with Crippen LogP contribution in [0.5, 0.6) is 11.5 Å². The molecule has 0 radical (unpaired) electrons. The highest BCUT2D eigenvalue weighted by Gasteiger charge is 2.25.